The number of nitrogens with two attached hydrogens (primary N) is 1. The number of rotatable bonds is 3. The second kappa shape index (κ2) is 5.01. The van der Waals surface area contributed by atoms with Crippen LogP contribution in [0.15, 0.2) is 0 Å². The zero-order valence-electron chi connectivity index (χ0n) is 11.8. The number of fused-ring (bicyclic) bond motifs is 1. The van der Waals surface area contributed by atoms with E-state index >= 15 is 0 Å². The van der Waals surface area contributed by atoms with Gasteiger partial charge in [-0.3, -0.25) is 4.79 Å². The van der Waals surface area contributed by atoms with E-state index in [1.54, 1.807) is 4.90 Å². The molecule has 0 unspecified atom stereocenters. The molecule has 5 nitrogen and oxygen atoms in total. The van der Waals surface area contributed by atoms with E-state index in [1.807, 2.05) is 0 Å². The zero-order chi connectivity index (χ0) is 14.3. The van der Waals surface area contributed by atoms with Crippen molar-refractivity contribution in [1.29, 1.82) is 5.26 Å². The number of amides is 1. The molecular formula is C15H23N3O2. The number of carbonyl (C=O) groups is 1. The van der Waals surface area contributed by atoms with Gasteiger partial charge in [-0.25, -0.2) is 0 Å². The van der Waals surface area contributed by atoms with E-state index in [0.29, 0.717) is 5.92 Å². The van der Waals surface area contributed by atoms with E-state index in [0.717, 1.165) is 44.9 Å². The van der Waals surface area contributed by atoms with Crippen molar-refractivity contribution < 1.29 is 9.90 Å². The molecule has 0 spiro atoms. The smallest absolute Gasteiger partial charge is 0.241 e. The minimum atomic E-state index is -0.664. The predicted octanol–water partition coefficient (Wildman–Crippen LogP) is 0.769. The summed E-state index contributed by atoms with van der Waals surface area (Å²) in [6.45, 7) is -0.0287. The van der Waals surface area contributed by atoms with E-state index < -0.39 is 11.5 Å². The highest BCUT2D eigenvalue weighted by molar-refractivity contribution is 5.84. The molecule has 0 aromatic heterocycles. The Morgan fingerprint density at radius 1 is 1.40 bits per heavy atom. The summed E-state index contributed by atoms with van der Waals surface area (Å²) in [4.78, 5) is 14.5. The number of hydrogen-bond acceptors (Lipinski definition) is 4. The molecule has 1 amide bonds. The van der Waals surface area contributed by atoms with Crippen LogP contribution >= 0.6 is 0 Å². The van der Waals surface area contributed by atoms with Crippen molar-refractivity contribution in [3.63, 3.8) is 0 Å². The Bertz CT molecular complexity index is 439. The van der Waals surface area contributed by atoms with Crippen LogP contribution in [0.3, 0.4) is 0 Å². The Hall–Kier alpha value is -1.12. The van der Waals surface area contributed by atoms with Crippen molar-refractivity contribution in [1.82, 2.24) is 4.90 Å². The first-order chi connectivity index (χ1) is 9.63. The maximum atomic E-state index is 12.8. The molecular weight excluding hydrogens is 254 g/mol. The van der Waals surface area contributed by atoms with E-state index in [4.69, 9.17) is 5.73 Å². The first-order valence-electron chi connectivity index (χ1n) is 7.71. The lowest BCUT2D eigenvalue weighted by atomic mass is 9.69. The number of nitrogens with zero attached hydrogens (tertiary/aromatic N) is 2. The van der Waals surface area contributed by atoms with E-state index in [1.165, 1.54) is 0 Å². The van der Waals surface area contributed by atoms with Gasteiger partial charge in [0.05, 0.1) is 18.7 Å². The van der Waals surface area contributed by atoms with Crippen LogP contribution in [0.1, 0.15) is 44.9 Å². The first kappa shape index (κ1) is 13.8. The molecule has 3 fully saturated rings. The Kier molecular flexibility index (Phi) is 3.47. The van der Waals surface area contributed by atoms with Crippen molar-refractivity contribution in [3.8, 4) is 6.07 Å². The number of hydrogen-bond donors (Lipinski definition) is 2. The van der Waals surface area contributed by atoms with Gasteiger partial charge in [-0.2, -0.15) is 5.26 Å². The highest BCUT2D eigenvalue weighted by Crippen LogP contribution is 2.49. The van der Waals surface area contributed by atoms with Gasteiger partial charge in [-0.05, 0) is 31.6 Å². The van der Waals surface area contributed by atoms with Crippen LogP contribution in [0.2, 0.25) is 0 Å². The topological polar surface area (TPSA) is 90.4 Å². The molecule has 0 aromatic carbocycles. The number of aliphatic hydroxyl groups is 1. The van der Waals surface area contributed by atoms with Gasteiger partial charge in [0.1, 0.15) is 6.04 Å². The third-order valence-corrected chi connectivity index (χ3v) is 5.60. The van der Waals surface area contributed by atoms with Crippen LogP contribution in [0, 0.1) is 22.7 Å². The lowest BCUT2D eigenvalue weighted by Crippen LogP contribution is -2.57. The average Bonchev–Trinajstić information content (AvgIpc) is 3.17. The molecule has 0 radical (unpaired) electrons. The second-order valence-corrected chi connectivity index (χ2v) is 6.75. The summed E-state index contributed by atoms with van der Waals surface area (Å²) in [6, 6.07) is 1.49. The molecule has 4 atom stereocenters. The lowest BCUT2D eigenvalue weighted by molar-refractivity contribution is -0.138. The molecule has 110 valence electrons. The lowest BCUT2D eigenvalue weighted by Gasteiger charge is -2.41. The summed E-state index contributed by atoms with van der Waals surface area (Å²) < 4.78 is 0. The monoisotopic (exact) mass is 277 g/mol. The Morgan fingerprint density at radius 3 is 2.70 bits per heavy atom. The van der Waals surface area contributed by atoms with Gasteiger partial charge in [0.15, 0.2) is 0 Å². The van der Waals surface area contributed by atoms with Crippen molar-refractivity contribution in [2.45, 2.75) is 63.1 Å². The average molecular weight is 277 g/mol. The molecule has 3 aliphatic rings. The fraction of sp³-hybridized carbons (Fsp3) is 0.867. The quantitative estimate of drug-likeness (QED) is 0.797. The maximum Gasteiger partial charge on any atom is 0.241 e. The Morgan fingerprint density at radius 2 is 2.10 bits per heavy atom. The molecule has 1 saturated heterocycles. The van der Waals surface area contributed by atoms with Gasteiger partial charge < -0.3 is 15.7 Å². The molecule has 5 heteroatoms. The Balaban J connectivity index is 1.77. The third-order valence-electron chi connectivity index (χ3n) is 5.60. The minimum Gasteiger partial charge on any atom is -0.396 e. The van der Waals surface area contributed by atoms with Gasteiger partial charge in [0.25, 0.3) is 0 Å². The van der Waals surface area contributed by atoms with Crippen molar-refractivity contribution >= 4 is 5.91 Å². The predicted molar refractivity (Wildman–Crippen MR) is 73.3 cm³/mol. The molecule has 3 rings (SSSR count). The fourth-order valence-electron chi connectivity index (χ4n) is 4.13. The van der Waals surface area contributed by atoms with Gasteiger partial charge >= 0.3 is 0 Å². The molecule has 1 aliphatic heterocycles. The number of piperidine rings is 1. The zero-order valence-corrected chi connectivity index (χ0v) is 11.8. The molecule has 1 heterocycles. The second-order valence-electron chi connectivity index (χ2n) is 6.75. The normalized spacial score (nSPS) is 36.0. The SMILES string of the molecule is N#C[C@@H]1C[C@@H]2C[C@@H]2N1C(=O)[C@@H](N)C1(CO)CCCCC1. The molecule has 0 bridgehead atoms. The minimum absolute atomic E-state index is 0.0287. The van der Waals surface area contributed by atoms with Crippen molar-refractivity contribution in [2.24, 2.45) is 17.1 Å². The van der Waals surface area contributed by atoms with Crippen LogP contribution < -0.4 is 5.73 Å². The van der Waals surface area contributed by atoms with Gasteiger partial charge in [-0.15, -0.1) is 0 Å². The Labute approximate surface area is 119 Å². The highest BCUT2D eigenvalue weighted by atomic mass is 16.3. The van der Waals surface area contributed by atoms with Crippen LogP contribution in [-0.4, -0.2) is 40.6 Å². The van der Waals surface area contributed by atoms with Crippen LogP contribution in [0.25, 0.3) is 0 Å². The summed E-state index contributed by atoms with van der Waals surface area (Å²) in [6.07, 6.45) is 6.64. The summed E-state index contributed by atoms with van der Waals surface area (Å²) in [5.41, 5.74) is 5.78. The summed E-state index contributed by atoms with van der Waals surface area (Å²) in [5, 5.41) is 19.0. The standard InChI is InChI=1S/C15H23N3O2/c16-8-11-6-10-7-12(10)18(11)14(20)13(17)15(9-19)4-2-1-3-5-15/h10-13,19H,1-7,9,17H2/t10-,11+,12+,13-/m1/s1. The van der Waals surface area contributed by atoms with Gasteiger partial charge in [0.2, 0.25) is 5.91 Å². The third kappa shape index (κ3) is 2.02. The van der Waals surface area contributed by atoms with Crippen molar-refractivity contribution in [3.05, 3.63) is 0 Å². The van der Waals surface area contributed by atoms with Crippen LogP contribution in [-0.2, 0) is 4.79 Å². The van der Waals surface area contributed by atoms with Gasteiger partial charge in [0, 0.05) is 11.5 Å². The largest absolute Gasteiger partial charge is 0.396 e. The number of nitriles is 1. The van der Waals surface area contributed by atoms with Crippen molar-refractivity contribution in [2.75, 3.05) is 6.61 Å². The maximum absolute atomic E-state index is 12.8. The molecule has 0 aromatic rings. The summed E-state index contributed by atoms with van der Waals surface area (Å²) in [5.74, 6) is 0.393. The first-order valence-corrected chi connectivity index (χ1v) is 7.71. The summed E-state index contributed by atoms with van der Waals surface area (Å²) in [7, 11) is 0. The molecule has 2 aliphatic carbocycles. The number of aliphatic hydroxyl groups excluding tert-OH is 1. The van der Waals surface area contributed by atoms with E-state index in [-0.39, 0.29) is 24.6 Å². The van der Waals surface area contributed by atoms with Gasteiger partial charge in [-0.1, -0.05) is 19.3 Å². The van der Waals surface area contributed by atoms with E-state index in [9.17, 15) is 15.2 Å². The molecule has 3 N–H and O–H groups in total. The van der Waals surface area contributed by atoms with E-state index in [2.05, 4.69) is 6.07 Å². The molecule has 20 heavy (non-hydrogen) atoms. The van der Waals surface area contributed by atoms with Crippen LogP contribution in [0.4, 0.5) is 0 Å². The number of likely N-dealkylation sites (tertiary alicyclic amines) is 1. The number of carbonyl (C=O) groups excluding carboxylic acids is 1. The fourth-order valence-corrected chi connectivity index (χ4v) is 4.13. The molecule has 2 saturated carbocycles. The van der Waals surface area contributed by atoms with Crippen LogP contribution in [0.5, 0.6) is 0 Å². The summed E-state index contributed by atoms with van der Waals surface area (Å²) >= 11 is 0. The highest BCUT2D eigenvalue weighted by Gasteiger charge is 2.56.